The van der Waals surface area contributed by atoms with Crippen LogP contribution in [-0.2, 0) is 9.47 Å². The van der Waals surface area contributed by atoms with Crippen molar-refractivity contribution in [1.29, 1.82) is 0 Å². The van der Waals surface area contributed by atoms with E-state index in [4.69, 9.17) is 14.2 Å². The zero-order valence-electron chi connectivity index (χ0n) is 13.6. The molecule has 0 aliphatic carbocycles. The van der Waals surface area contributed by atoms with E-state index in [0.29, 0.717) is 11.3 Å². The molecule has 0 fully saturated rings. The maximum Gasteiger partial charge on any atom is 0.338 e. The molecule has 3 aromatic rings. The zero-order chi connectivity index (χ0) is 16.9. The Kier molecular flexibility index (Phi) is 4.77. The summed E-state index contributed by atoms with van der Waals surface area (Å²) in [6.45, 7) is 0.131. The molecule has 0 aliphatic heterocycles. The molecule has 3 aromatic carbocycles. The number of fused-ring (bicyclic) bond motifs is 1. The Morgan fingerprint density at radius 2 is 1.67 bits per heavy atom. The largest absolute Gasteiger partial charge is 0.467 e. The topological polar surface area (TPSA) is 44.8 Å². The van der Waals surface area contributed by atoms with Crippen LogP contribution in [0.25, 0.3) is 21.9 Å². The maximum atomic E-state index is 12.2. The van der Waals surface area contributed by atoms with Crippen molar-refractivity contribution in [3.8, 4) is 16.9 Å². The van der Waals surface area contributed by atoms with Crippen LogP contribution in [0.3, 0.4) is 0 Å². The number of esters is 1. The average Bonchev–Trinajstić information content (AvgIpc) is 2.65. The van der Waals surface area contributed by atoms with Crippen molar-refractivity contribution in [3.05, 3.63) is 66.2 Å². The molecule has 4 heteroatoms. The van der Waals surface area contributed by atoms with E-state index >= 15 is 0 Å². The van der Waals surface area contributed by atoms with Crippen molar-refractivity contribution in [2.75, 3.05) is 21.0 Å². The lowest BCUT2D eigenvalue weighted by Gasteiger charge is -2.16. The zero-order valence-corrected chi connectivity index (χ0v) is 13.6. The molecule has 0 heterocycles. The molecule has 0 aromatic heterocycles. The maximum absolute atomic E-state index is 12.2. The van der Waals surface area contributed by atoms with Gasteiger partial charge in [0, 0.05) is 18.2 Å². The van der Waals surface area contributed by atoms with E-state index in [-0.39, 0.29) is 12.8 Å². The van der Waals surface area contributed by atoms with Gasteiger partial charge in [0.1, 0.15) is 5.75 Å². The lowest BCUT2D eigenvalue weighted by molar-refractivity contribution is 0.0516. The molecule has 4 nitrogen and oxygen atoms in total. The monoisotopic (exact) mass is 322 g/mol. The van der Waals surface area contributed by atoms with Crippen LogP contribution < -0.4 is 4.74 Å². The molecular weight excluding hydrogens is 304 g/mol. The van der Waals surface area contributed by atoms with Crippen LogP contribution in [0.15, 0.2) is 60.7 Å². The van der Waals surface area contributed by atoms with Crippen molar-refractivity contribution >= 4 is 16.7 Å². The first-order valence-electron chi connectivity index (χ1n) is 7.57. The highest BCUT2D eigenvalue weighted by molar-refractivity contribution is 6.06. The van der Waals surface area contributed by atoms with Crippen molar-refractivity contribution in [3.63, 3.8) is 0 Å². The molecule has 0 bridgehead atoms. The summed E-state index contributed by atoms with van der Waals surface area (Å²) in [7, 11) is 2.95. The van der Waals surface area contributed by atoms with Gasteiger partial charge >= 0.3 is 5.97 Å². The predicted molar refractivity (Wildman–Crippen MR) is 93.2 cm³/mol. The Morgan fingerprint density at radius 1 is 0.917 bits per heavy atom. The molecule has 0 amide bonds. The Hall–Kier alpha value is -2.85. The van der Waals surface area contributed by atoms with E-state index in [0.717, 1.165) is 21.9 Å². The summed E-state index contributed by atoms with van der Waals surface area (Å²) in [4.78, 5) is 12.2. The van der Waals surface area contributed by atoms with Gasteiger partial charge in [-0.2, -0.15) is 0 Å². The fourth-order valence-electron chi connectivity index (χ4n) is 2.76. The van der Waals surface area contributed by atoms with Crippen LogP contribution in [0.1, 0.15) is 10.4 Å². The Morgan fingerprint density at radius 3 is 2.46 bits per heavy atom. The van der Waals surface area contributed by atoms with Gasteiger partial charge in [-0.25, -0.2) is 4.79 Å². The van der Waals surface area contributed by atoms with E-state index in [1.54, 1.807) is 13.2 Å². The van der Waals surface area contributed by atoms with Gasteiger partial charge in [0.15, 0.2) is 6.79 Å². The second-order valence-electron chi connectivity index (χ2n) is 5.25. The molecule has 0 atom stereocenters. The molecule has 0 N–H and O–H groups in total. The van der Waals surface area contributed by atoms with Crippen molar-refractivity contribution in [1.82, 2.24) is 0 Å². The van der Waals surface area contributed by atoms with Crippen LogP contribution in [0.4, 0.5) is 0 Å². The van der Waals surface area contributed by atoms with Crippen LogP contribution in [-0.4, -0.2) is 27.0 Å². The average molecular weight is 322 g/mol. The summed E-state index contributed by atoms with van der Waals surface area (Å²) in [6.07, 6.45) is 0. The normalized spacial score (nSPS) is 10.6. The summed E-state index contributed by atoms with van der Waals surface area (Å²) in [6, 6.07) is 19.2. The number of carbonyl (C=O) groups excluding carboxylic acids is 1. The molecule has 0 saturated carbocycles. The molecular formula is C20H18O4. The van der Waals surface area contributed by atoms with E-state index in [1.807, 2.05) is 54.6 Å². The smallest absolute Gasteiger partial charge is 0.338 e. The minimum absolute atomic E-state index is 0.131. The second-order valence-corrected chi connectivity index (χ2v) is 5.25. The van der Waals surface area contributed by atoms with Crippen LogP contribution in [0.5, 0.6) is 5.75 Å². The van der Waals surface area contributed by atoms with Gasteiger partial charge in [0.05, 0.1) is 12.7 Å². The van der Waals surface area contributed by atoms with Crippen molar-refractivity contribution in [2.24, 2.45) is 0 Å². The van der Waals surface area contributed by atoms with Crippen LogP contribution in [0, 0.1) is 0 Å². The van der Waals surface area contributed by atoms with Crippen molar-refractivity contribution < 1.29 is 19.0 Å². The molecule has 0 saturated heterocycles. The van der Waals surface area contributed by atoms with E-state index < -0.39 is 0 Å². The van der Waals surface area contributed by atoms with Crippen LogP contribution >= 0.6 is 0 Å². The molecule has 3 rings (SSSR count). The highest BCUT2D eigenvalue weighted by Crippen LogP contribution is 2.39. The molecule has 0 aliphatic rings. The predicted octanol–water partition coefficient (Wildman–Crippen LogP) is 4.28. The number of hydrogen-bond acceptors (Lipinski definition) is 4. The molecule has 24 heavy (non-hydrogen) atoms. The number of hydrogen-bond donors (Lipinski definition) is 0. The van der Waals surface area contributed by atoms with Crippen molar-refractivity contribution in [2.45, 2.75) is 0 Å². The van der Waals surface area contributed by atoms with Crippen LogP contribution in [0.2, 0.25) is 0 Å². The van der Waals surface area contributed by atoms with E-state index in [1.165, 1.54) is 7.11 Å². The molecule has 0 spiro atoms. The Balaban J connectivity index is 2.29. The number of carbonyl (C=O) groups is 1. The lowest BCUT2D eigenvalue weighted by atomic mass is 9.93. The number of benzene rings is 3. The summed E-state index contributed by atoms with van der Waals surface area (Å²) in [5.41, 5.74) is 2.12. The van der Waals surface area contributed by atoms with E-state index in [2.05, 4.69) is 0 Å². The highest BCUT2D eigenvalue weighted by Gasteiger charge is 2.18. The van der Waals surface area contributed by atoms with Gasteiger partial charge < -0.3 is 14.2 Å². The fourth-order valence-corrected chi connectivity index (χ4v) is 2.76. The first kappa shape index (κ1) is 16.0. The quantitative estimate of drug-likeness (QED) is 0.519. The standard InChI is InChI=1S/C20H18O4/c1-22-13-24-18-12-11-14-7-3-4-8-15(14)19(18)16-9-5-6-10-17(16)20(21)23-2/h3-12H,13H2,1-2H3. The number of methoxy groups -OCH3 is 2. The number of rotatable bonds is 5. The van der Waals surface area contributed by atoms with E-state index in [9.17, 15) is 4.79 Å². The first-order chi connectivity index (χ1) is 11.8. The Bertz CT molecular complexity index is 870. The minimum atomic E-state index is -0.378. The van der Waals surface area contributed by atoms with Gasteiger partial charge in [0.2, 0.25) is 0 Å². The SMILES string of the molecule is COCOc1ccc2ccccc2c1-c1ccccc1C(=O)OC. The third-order valence-electron chi connectivity index (χ3n) is 3.82. The summed E-state index contributed by atoms with van der Waals surface area (Å²) in [5.74, 6) is 0.281. The summed E-state index contributed by atoms with van der Waals surface area (Å²) < 4.78 is 15.7. The van der Waals surface area contributed by atoms with Gasteiger partial charge in [0.25, 0.3) is 0 Å². The molecule has 122 valence electrons. The third kappa shape index (κ3) is 2.96. The van der Waals surface area contributed by atoms with Gasteiger partial charge in [-0.1, -0.05) is 48.5 Å². The third-order valence-corrected chi connectivity index (χ3v) is 3.82. The summed E-state index contributed by atoms with van der Waals surface area (Å²) >= 11 is 0. The highest BCUT2D eigenvalue weighted by atomic mass is 16.7. The van der Waals surface area contributed by atoms with Gasteiger partial charge in [-0.15, -0.1) is 0 Å². The minimum Gasteiger partial charge on any atom is -0.467 e. The van der Waals surface area contributed by atoms with Gasteiger partial charge in [-0.3, -0.25) is 0 Å². The molecule has 0 radical (unpaired) electrons. The number of ether oxygens (including phenoxy) is 3. The first-order valence-corrected chi connectivity index (χ1v) is 7.57. The molecule has 0 unspecified atom stereocenters. The summed E-state index contributed by atoms with van der Waals surface area (Å²) in [5, 5.41) is 2.07. The second kappa shape index (κ2) is 7.15. The fraction of sp³-hybridized carbons (Fsp3) is 0.150. The lowest BCUT2D eigenvalue weighted by Crippen LogP contribution is -2.05. The Labute approximate surface area is 140 Å². The van der Waals surface area contributed by atoms with Gasteiger partial charge in [-0.05, 0) is 22.9 Å².